The van der Waals surface area contributed by atoms with E-state index in [1.807, 2.05) is 20.2 Å². The van der Waals surface area contributed by atoms with Gasteiger partial charge in [0, 0.05) is 35.5 Å². The number of carbonyl (C=O) groups is 1. The van der Waals surface area contributed by atoms with E-state index in [0.717, 1.165) is 31.5 Å². The molecule has 1 aromatic carbocycles. The minimum Gasteiger partial charge on any atom is -0.384 e. The van der Waals surface area contributed by atoms with E-state index < -0.39 is 11.7 Å². The van der Waals surface area contributed by atoms with Crippen molar-refractivity contribution in [2.75, 3.05) is 39.0 Å². The van der Waals surface area contributed by atoms with E-state index >= 15 is 0 Å². The van der Waals surface area contributed by atoms with Crippen molar-refractivity contribution in [3.8, 4) is 0 Å². The first-order valence-electron chi connectivity index (χ1n) is 10.7. The number of fused-ring (bicyclic) bond motifs is 1. The largest absolute Gasteiger partial charge is 0.417 e. The van der Waals surface area contributed by atoms with Crippen LogP contribution in [0, 0.1) is 5.92 Å². The minimum absolute atomic E-state index is 0.0106. The Labute approximate surface area is 186 Å². The van der Waals surface area contributed by atoms with Crippen LogP contribution in [-0.4, -0.2) is 55.7 Å². The van der Waals surface area contributed by atoms with Gasteiger partial charge in [0.05, 0.1) is 17.0 Å². The number of carbonyl (C=O) groups excluding carboxylic acids is 1. The fraction of sp³-hybridized carbons (Fsp3) is 0.417. The van der Waals surface area contributed by atoms with Crippen LogP contribution in [0.4, 0.5) is 18.9 Å². The first-order valence-corrected chi connectivity index (χ1v) is 10.7. The first-order chi connectivity index (χ1) is 15.2. The Hall–Kier alpha value is -2.87. The van der Waals surface area contributed by atoms with Crippen molar-refractivity contribution in [1.29, 1.82) is 0 Å². The maximum atomic E-state index is 13.5. The molecule has 0 saturated heterocycles. The second-order valence-corrected chi connectivity index (χ2v) is 8.28. The standard InChI is InChI=1S/C24H29F3N4O/c1-16(24(25,26)27)22-19-8-4-9-21(28-13-6-14-31(2)3)20(19)15-18(30-22)7-5-12-29-23(32)17-10-11-17/h4-5,7-9,15,17,28H,1,6,10-14H2,2-3H3,(H,29,32)/b7-5+. The molecule has 1 aliphatic rings. The van der Waals surface area contributed by atoms with Crippen LogP contribution in [-0.2, 0) is 4.79 Å². The monoisotopic (exact) mass is 446 g/mol. The highest BCUT2D eigenvalue weighted by atomic mass is 19.4. The Morgan fingerprint density at radius 1 is 1.28 bits per heavy atom. The minimum atomic E-state index is -4.59. The van der Waals surface area contributed by atoms with Crippen molar-refractivity contribution in [2.45, 2.75) is 25.4 Å². The van der Waals surface area contributed by atoms with Crippen LogP contribution in [0.3, 0.4) is 0 Å². The van der Waals surface area contributed by atoms with Gasteiger partial charge in [-0.25, -0.2) is 4.98 Å². The summed E-state index contributed by atoms with van der Waals surface area (Å²) in [5.41, 5.74) is -0.0455. The van der Waals surface area contributed by atoms with Crippen LogP contribution in [0.5, 0.6) is 0 Å². The van der Waals surface area contributed by atoms with Gasteiger partial charge in [0.1, 0.15) is 0 Å². The number of pyridine rings is 1. The second-order valence-electron chi connectivity index (χ2n) is 8.28. The molecule has 1 aliphatic carbocycles. The van der Waals surface area contributed by atoms with E-state index in [1.165, 1.54) is 0 Å². The van der Waals surface area contributed by atoms with E-state index in [1.54, 1.807) is 30.4 Å². The molecule has 0 unspecified atom stereocenters. The smallest absolute Gasteiger partial charge is 0.384 e. The summed E-state index contributed by atoms with van der Waals surface area (Å²) in [6, 6.07) is 6.95. The van der Waals surface area contributed by atoms with E-state index in [4.69, 9.17) is 0 Å². The highest BCUT2D eigenvalue weighted by molar-refractivity contribution is 6.00. The molecule has 0 spiro atoms. The number of nitrogens with one attached hydrogen (secondary N) is 2. The number of anilines is 1. The van der Waals surface area contributed by atoms with Gasteiger partial charge in [0.25, 0.3) is 0 Å². The number of rotatable bonds is 10. The predicted molar refractivity (Wildman–Crippen MR) is 123 cm³/mol. The molecule has 0 bridgehead atoms. The summed E-state index contributed by atoms with van der Waals surface area (Å²) in [6.07, 6.45) is 1.45. The van der Waals surface area contributed by atoms with Crippen LogP contribution in [0.25, 0.3) is 22.4 Å². The Kier molecular flexibility index (Phi) is 7.56. The van der Waals surface area contributed by atoms with Gasteiger partial charge in [-0.1, -0.05) is 24.8 Å². The molecule has 1 heterocycles. The fourth-order valence-electron chi connectivity index (χ4n) is 3.35. The molecular formula is C24H29F3N4O. The average Bonchev–Trinajstić information content (AvgIpc) is 3.58. The van der Waals surface area contributed by atoms with Gasteiger partial charge in [0.15, 0.2) is 0 Å². The van der Waals surface area contributed by atoms with Gasteiger partial charge in [-0.15, -0.1) is 0 Å². The molecule has 1 fully saturated rings. The number of alkyl halides is 3. The van der Waals surface area contributed by atoms with Crippen LogP contribution in [0.15, 0.2) is 36.9 Å². The number of hydrogen-bond acceptors (Lipinski definition) is 4. The molecule has 1 saturated carbocycles. The van der Waals surface area contributed by atoms with Crippen molar-refractivity contribution in [1.82, 2.24) is 15.2 Å². The zero-order chi connectivity index (χ0) is 23.3. The van der Waals surface area contributed by atoms with Crippen LogP contribution in [0.1, 0.15) is 30.7 Å². The SMILES string of the molecule is C=C(c1nc(/C=C/CNC(=O)C2CC2)cc2c(NCCCN(C)C)cccc12)C(F)(F)F. The van der Waals surface area contributed by atoms with Gasteiger partial charge in [-0.3, -0.25) is 4.79 Å². The highest BCUT2D eigenvalue weighted by Gasteiger charge is 2.35. The Balaban J connectivity index is 1.89. The third-order valence-electron chi connectivity index (χ3n) is 5.25. The normalized spacial score (nSPS) is 14.3. The summed E-state index contributed by atoms with van der Waals surface area (Å²) in [5.74, 6) is 0.113. The summed E-state index contributed by atoms with van der Waals surface area (Å²) >= 11 is 0. The molecule has 1 amide bonds. The molecule has 5 nitrogen and oxygen atoms in total. The summed E-state index contributed by atoms with van der Waals surface area (Å²) in [4.78, 5) is 18.1. The summed E-state index contributed by atoms with van der Waals surface area (Å²) in [5, 5.41) is 7.17. The third kappa shape index (κ3) is 6.32. The lowest BCUT2D eigenvalue weighted by Crippen LogP contribution is -2.24. The molecule has 2 N–H and O–H groups in total. The molecule has 0 aliphatic heterocycles. The van der Waals surface area contributed by atoms with Gasteiger partial charge in [-0.05, 0) is 58.1 Å². The van der Waals surface area contributed by atoms with Gasteiger partial charge in [-0.2, -0.15) is 13.2 Å². The van der Waals surface area contributed by atoms with Crippen molar-refractivity contribution >= 4 is 34.0 Å². The van der Waals surface area contributed by atoms with Crippen molar-refractivity contribution in [3.05, 3.63) is 48.3 Å². The van der Waals surface area contributed by atoms with Gasteiger partial charge in [0.2, 0.25) is 5.91 Å². The Morgan fingerprint density at radius 3 is 2.69 bits per heavy atom. The number of amides is 1. The van der Waals surface area contributed by atoms with Crippen molar-refractivity contribution < 1.29 is 18.0 Å². The number of nitrogens with zero attached hydrogens (tertiary/aromatic N) is 2. The topological polar surface area (TPSA) is 57.3 Å². The summed E-state index contributed by atoms with van der Waals surface area (Å²) < 4.78 is 40.4. The van der Waals surface area contributed by atoms with Crippen LogP contribution < -0.4 is 10.6 Å². The number of halogens is 3. The zero-order valence-electron chi connectivity index (χ0n) is 18.4. The lowest BCUT2D eigenvalue weighted by atomic mass is 10.0. The molecule has 8 heteroatoms. The van der Waals surface area contributed by atoms with E-state index in [2.05, 4.69) is 27.1 Å². The molecule has 0 atom stereocenters. The van der Waals surface area contributed by atoms with E-state index in [9.17, 15) is 18.0 Å². The molecular weight excluding hydrogens is 417 g/mol. The number of benzene rings is 1. The number of aromatic nitrogens is 1. The second kappa shape index (κ2) is 10.2. The van der Waals surface area contributed by atoms with Gasteiger partial charge < -0.3 is 15.5 Å². The van der Waals surface area contributed by atoms with Crippen molar-refractivity contribution in [2.24, 2.45) is 5.92 Å². The number of allylic oxidation sites excluding steroid dienone is 1. The summed E-state index contributed by atoms with van der Waals surface area (Å²) in [6.45, 7) is 5.15. The molecule has 0 radical (unpaired) electrons. The molecule has 2 aromatic rings. The zero-order valence-corrected chi connectivity index (χ0v) is 18.4. The lowest BCUT2D eigenvalue weighted by molar-refractivity contribution is -0.122. The fourth-order valence-corrected chi connectivity index (χ4v) is 3.35. The third-order valence-corrected chi connectivity index (χ3v) is 5.25. The maximum absolute atomic E-state index is 13.5. The van der Waals surface area contributed by atoms with Crippen LogP contribution in [0.2, 0.25) is 0 Å². The maximum Gasteiger partial charge on any atom is 0.417 e. The Morgan fingerprint density at radius 2 is 2.03 bits per heavy atom. The average molecular weight is 447 g/mol. The highest BCUT2D eigenvalue weighted by Crippen LogP contribution is 2.37. The molecule has 32 heavy (non-hydrogen) atoms. The van der Waals surface area contributed by atoms with Crippen molar-refractivity contribution in [3.63, 3.8) is 0 Å². The quantitative estimate of drug-likeness (QED) is 0.519. The lowest BCUT2D eigenvalue weighted by Gasteiger charge is -2.16. The van der Waals surface area contributed by atoms with E-state index in [0.29, 0.717) is 29.6 Å². The molecule has 1 aromatic heterocycles. The van der Waals surface area contributed by atoms with E-state index in [-0.39, 0.29) is 17.5 Å². The van der Waals surface area contributed by atoms with Gasteiger partial charge >= 0.3 is 6.18 Å². The Bertz CT molecular complexity index is 1010. The first kappa shape index (κ1) is 23.8. The van der Waals surface area contributed by atoms with Crippen LogP contribution >= 0.6 is 0 Å². The predicted octanol–water partition coefficient (Wildman–Crippen LogP) is 4.71. The molecule has 172 valence electrons. The summed E-state index contributed by atoms with van der Waals surface area (Å²) in [7, 11) is 3.98. The number of hydrogen-bond donors (Lipinski definition) is 2. The molecule has 3 rings (SSSR count).